The van der Waals surface area contributed by atoms with Crippen LogP contribution in [0.5, 0.6) is 0 Å². The highest BCUT2D eigenvalue weighted by Gasteiger charge is 2.18. The summed E-state index contributed by atoms with van der Waals surface area (Å²) in [6.45, 7) is 8.23. The first-order valence-electron chi connectivity index (χ1n) is 6.83. The van der Waals surface area contributed by atoms with Crippen molar-refractivity contribution in [1.82, 2.24) is 9.88 Å². The molecule has 0 fully saturated rings. The highest BCUT2D eigenvalue weighted by atomic mass is 35.5. The van der Waals surface area contributed by atoms with Crippen LogP contribution in [0.3, 0.4) is 0 Å². The number of hydrogen-bond acceptors (Lipinski definition) is 3. The molecule has 0 radical (unpaired) electrons. The third-order valence-corrected chi connectivity index (χ3v) is 3.16. The van der Waals surface area contributed by atoms with Crippen molar-refractivity contribution >= 4 is 23.3 Å². The van der Waals surface area contributed by atoms with Crippen molar-refractivity contribution in [2.75, 3.05) is 25.0 Å². The minimum absolute atomic E-state index is 0.0966. The largest absolute Gasteiger partial charge is 0.370 e. The molecule has 1 aromatic rings. The van der Waals surface area contributed by atoms with Crippen molar-refractivity contribution in [3.8, 4) is 0 Å². The van der Waals surface area contributed by atoms with E-state index < -0.39 is 0 Å². The smallest absolute Gasteiger partial charge is 0.274 e. The second-order valence-corrected chi connectivity index (χ2v) is 4.70. The number of halogens is 1. The summed E-state index contributed by atoms with van der Waals surface area (Å²) in [5.41, 5.74) is 0.332. The zero-order valence-corrected chi connectivity index (χ0v) is 12.6. The Labute approximate surface area is 120 Å². The van der Waals surface area contributed by atoms with E-state index in [9.17, 15) is 4.79 Å². The third-order valence-electron chi connectivity index (χ3n) is 2.86. The van der Waals surface area contributed by atoms with E-state index in [0.29, 0.717) is 23.1 Å². The first-order valence-corrected chi connectivity index (χ1v) is 7.21. The Morgan fingerprint density at radius 3 is 2.68 bits per heavy atom. The number of anilines is 1. The molecule has 1 amide bonds. The summed E-state index contributed by atoms with van der Waals surface area (Å²) in [6, 6.07) is 3.50. The molecule has 0 saturated heterocycles. The van der Waals surface area contributed by atoms with E-state index >= 15 is 0 Å². The lowest BCUT2D eigenvalue weighted by Gasteiger charge is -2.21. The SMILES string of the molecule is CCCCN(CC)C(=O)c1nc(NCC)ccc1Cl. The van der Waals surface area contributed by atoms with Crippen LogP contribution in [0.15, 0.2) is 12.1 Å². The maximum Gasteiger partial charge on any atom is 0.274 e. The van der Waals surface area contributed by atoms with Crippen LogP contribution >= 0.6 is 11.6 Å². The van der Waals surface area contributed by atoms with Crippen LogP contribution in [-0.4, -0.2) is 35.4 Å². The second-order valence-electron chi connectivity index (χ2n) is 4.30. The number of rotatable bonds is 7. The average molecular weight is 284 g/mol. The number of aromatic nitrogens is 1. The molecule has 0 aromatic carbocycles. The molecular formula is C14H22ClN3O. The molecular weight excluding hydrogens is 262 g/mol. The Morgan fingerprint density at radius 2 is 2.11 bits per heavy atom. The van der Waals surface area contributed by atoms with Crippen molar-refractivity contribution in [2.24, 2.45) is 0 Å². The lowest BCUT2D eigenvalue weighted by Crippen LogP contribution is -2.32. The summed E-state index contributed by atoms with van der Waals surface area (Å²) in [5.74, 6) is 0.586. The summed E-state index contributed by atoms with van der Waals surface area (Å²) < 4.78 is 0. The number of nitrogens with one attached hydrogen (secondary N) is 1. The number of nitrogens with zero attached hydrogens (tertiary/aromatic N) is 2. The van der Waals surface area contributed by atoms with Crippen LogP contribution in [0.2, 0.25) is 5.02 Å². The molecule has 0 unspecified atom stereocenters. The predicted molar refractivity (Wildman–Crippen MR) is 79.9 cm³/mol. The number of hydrogen-bond donors (Lipinski definition) is 1. The molecule has 0 saturated carbocycles. The lowest BCUT2D eigenvalue weighted by molar-refractivity contribution is 0.0757. The second kappa shape index (κ2) is 8.00. The van der Waals surface area contributed by atoms with Crippen molar-refractivity contribution in [3.05, 3.63) is 22.8 Å². The highest BCUT2D eigenvalue weighted by Crippen LogP contribution is 2.18. The number of amides is 1. The van der Waals surface area contributed by atoms with Crippen molar-refractivity contribution in [1.29, 1.82) is 0 Å². The Kier molecular flexibility index (Phi) is 6.64. The van der Waals surface area contributed by atoms with Crippen LogP contribution in [0.25, 0.3) is 0 Å². The molecule has 5 heteroatoms. The molecule has 106 valence electrons. The fourth-order valence-corrected chi connectivity index (χ4v) is 1.96. The molecule has 0 atom stereocenters. The van der Waals surface area contributed by atoms with Gasteiger partial charge in [-0.15, -0.1) is 0 Å². The molecule has 1 aromatic heterocycles. The predicted octanol–water partition coefficient (Wildman–Crippen LogP) is 3.43. The summed E-state index contributed by atoms with van der Waals surface area (Å²) in [4.78, 5) is 18.5. The normalized spacial score (nSPS) is 10.3. The Balaban J connectivity index is 2.92. The van der Waals surface area contributed by atoms with Crippen LogP contribution < -0.4 is 5.32 Å². The zero-order chi connectivity index (χ0) is 14.3. The Bertz CT molecular complexity index is 423. The van der Waals surface area contributed by atoms with Crippen LogP contribution in [0, 0.1) is 0 Å². The van der Waals surface area contributed by atoms with Gasteiger partial charge in [0.25, 0.3) is 5.91 Å². The van der Waals surface area contributed by atoms with Gasteiger partial charge in [-0.05, 0) is 32.4 Å². The molecule has 1 rings (SSSR count). The standard InChI is InChI=1S/C14H22ClN3O/c1-4-7-10-18(6-3)14(19)13-11(15)8-9-12(17-13)16-5-2/h8-9H,4-7,10H2,1-3H3,(H,16,17). The van der Waals surface area contributed by atoms with Gasteiger partial charge in [-0.2, -0.15) is 0 Å². The number of pyridine rings is 1. The van der Waals surface area contributed by atoms with E-state index in [-0.39, 0.29) is 5.91 Å². The quantitative estimate of drug-likeness (QED) is 0.834. The molecule has 0 aliphatic rings. The average Bonchev–Trinajstić information content (AvgIpc) is 2.42. The van der Waals surface area contributed by atoms with Gasteiger partial charge < -0.3 is 10.2 Å². The van der Waals surface area contributed by atoms with E-state index in [1.165, 1.54) is 0 Å². The number of carbonyl (C=O) groups excluding carboxylic acids is 1. The first kappa shape index (κ1) is 15.8. The maximum atomic E-state index is 12.4. The third kappa shape index (κ3) is 4.39. The molecule has 1 N–H and O–H groups in total. The van der Waals surface area contributed by atoms with Crippen LogP contribution in [-0.2, 0) is 0 Å². The van der Waals surface area contributed by atoms with Crippen molar-refractivity contribution in [2.45, 2.75) is 33.6 Å². The van der Waals surface area contributed by atoms with Gasteiger partial charge in [0, 0.05) is 19.6 Å². The minimum atomic E-state index is -0.0966. The summed E-state index contributed by atoms with van der Waals surface area (Å²) in [5, 5.41) is 3.49. The summed E-state index contributed by atoms with van der Waals surface area (Å²) in [6.07, 6.45) is 2.05. The van der Waals surface area contributed by atoms with Crippen LogP contribution in [0.4, 0.5) is 5.82 Å². The molecule has 0 bridgehead atoms. The van der Waals surface area contributed by atoms with Gasteiger partial charge in [-0.25, -0.2) is 4.98 Å². The first-order chi connectivity index (χ1) is 9.13. The van der Waals surface area contributed by atoms with E-state index in [0.717, 1.165) is 25.9 Å². The molecule has 0 aliphatic carbocycles. The summed E-state index contributed by atoms with van der Waals surface area (Å²) in [7, 11) is 0. The molecule has 0 spiro atoms. The monoisotopic (exact) mass is 283 g/mol. The molecule has 1 heterocycles. The van der Waals surface area contributed by atoms with Crippen molar-refractivity contribution in [3.63, 3.8) is 0 Å². The maximum absolute atomic E-state index is 12.4. The topological polar surface area (TPSA) is 45.2 Å². The van der Waals surface area contributed by atoms with E-state index in [1.54, 1.807) is 17.0 Å². The number of carbonyl (C=O) groups is 1. The molecule has 4 nitrogen and oxygen atoms in total. The number of unbranched alkanes of at least 4 members (excludes halogenated alkanes) is 1. The van der Waals surface area contributed by atoms with E-state index in [2.05, 4.69) is 17.2 Å². The zero-order valence-electron chi connectivity index (χ0n) is 11.9. The highest BCUT2D eigenvalue weighted by molar-refractivity contribution is 6.33. The van der Waals surface area contributed by atoms with Gasteiger partial charge in [0.15, 0.2) is 0 Å². The summed E-state index contributed by atoms with van der Waals surface area (Å²) >= 11 is 6.09. The van der Waals surface area contributed by atoms with Gasteiger partial charge in [0.2, 0.25) is 0 Å². The van der Waals surface area contributed by atoms with Gasteiger partial charge in [0.05, 0.1) is 5.02 Å². The van der Waals surface area contributed by atoms with Gasteiger partial charge in [0.1, 0.15) is 11.5 Å². The van der Waals surface area contributed by atoms with Gasteiger partial charge >= 0.3 is 0 Å². The van der Waals surface area contributed by atoms with E-state index in [4.69, 9.17) is 11.6 Å². The molecule has 19 heavy (non-hydrogen) atoms. The van der Waals surface area contributed by atoms with Gasteiger partial charge in [-0.3, -0.25) is 4.79 Å². The van der Waals surface area contributed by atoms with Crippen molar-refractivity contribution < 1.29 is 4.79 Å². The van der Waals surface area contributed by atoms with E-state index in [1.807, 2.05) is 13.8 Å². The molecule has 0 aliphatic heterocycles. The van der Waals surface area contributed by atoms with Crippen LogP contribution in [0.1, 0.15) is 44.1 Å². The Hall–Kier alpha value is -1.29. The fourth-order valence-electron chi connectivity index (χ4n) is 1.77. The fraction of sp³-hybridized carbons (Fsp3) is 0.571. The van der Waals surface area contributed by atoms with Gasteiger partial charge in [-0.1, -0.05) is 24.9 Å². The minimum Gasteiger partial charge on any atom is -0.370 e. The Morgan fingerprint density at radius 1 is 1.37 bits per heavy atom. The lowest BCUT2D eigenvalue weighted by atomic mass is 10.2.